The van der Waals surface area contributed by atoms with E-state index < -0.39 is 62.7 Å². The van der Waals surface area contributed by atoms with Crippen LogP contribution in [-0.4, -0.2) is 62.7 Å². The summed E-state index contributed by atoms with van der Waals surface area (Å²) in [5, 5.41) is 0. The molecule has 32 heavy (non-hydrogen) atoms. The number of hydrogen-bond acceptors (Lipinski definition) is 3. The van der Waals surface area contributed by atoms with Gasteiger partial charge >= 0.3 is 73.9 Å². The molecule has 0 saturated carbocycles. The number of hydrogen-bond donors (Lipinski definition) is 0. The predicted octanol–water partition coefficient (Wildman–Crippen LogP) is 2.24. The second-order valence-electron chi connectivity index (χ2n) is 5.24. The molecule has 0 bridgehead atoms. The Kier molecular flexibility index (Phi) is 11.1. The normalized spacial score (nSPS) is 15.2. The fourth-order valence-corrected chi connectivity index (χ4v) is 1.65. The Bertz CT molecular complexity index is 450. The van der Waals surface area contributed by atoms with Gasteiger partial charge in [-0.1, -0.05) is 0 Å². The molecule has 0 aliphatic carbocycles. The van der Waals surface area contributed by atoms with Crippen LogP contribution in [0.2, 0.25) is 0 Å². The standard InChI is InChI=1S/C9H4BF18O3.Na/c11-4(12,13)1(5(14,15)16)29-10(30-2(6(17,18)19)7(20,21)22)31-3(8(23,24)25)9(26,27)28;/h1-3,10H;/q-1;+1. The molecule has 0 aromatic carbocycles. The molecule has 23 heteroatoms. The van der Waals surface area contributed by atoms with Gasteiger partial charge in [0.25, 0.3) is 0 Å². The number of halogens is 18. The van der Waals surface area contributed by atoms with E-state index >= 15 is 0 Å². The molecule has 0 heterocycles. The van der Waals surface area contributed by atoms with E-state index in [0.29, 0.717) is 0 Å². The zero-order valence-electron chi connectivity index (χ0n) is 14.5. The first-order valence-electron chi connectivity index (χ1n) is 6.71. The van der Waals surface area contributed by atoms with Crippen molar-refractivity contribution >= 4 is 7.32 Å². The number of alkyl halides is 18. The first kappa shape index (κ1) is 33.9. The van der Waals surface area contributed by atoms with Gasteiger partial charge < -0.3 is 14.0 Å². The van der Waals surface area contributed by atoms with Crippen LogP contribution in [0.4, 0.5) is 79.0 Å². The van der Waals surface area contributed by atoms with E-state index in [1.54, 1.807) is 0 Å². The summed E-state index contributed by atoms with van der Waals surface area (Å²) in [6, 6.07) is 0. The van der Waals surface area contributed by atoms with E-state index in [-0.39, 0.29) is 29.6 Å². The first-order chi connectivity index (χ1) is 13.2. The van der Waals surface area contributed by atoms with E-state index in [0.717, 1.165) is 0 Å². The van der Waals surface area contributed by atoms with Gasteiger partial charge in [-0.3, -0.25) is 0 Å². The van der Waals surface area contributed by atoms with Crippen molar-refractivity contribution in [2.45, 2.75) is 55.4 Å². The molecule has 3 nitrogen and oxygen atoms in total. The summed E-state index contributed by atoms with van der Waals surface area (Å²) in [6.07, 6.45) is -57.1. The molecular formula is C9H4BF18NaO3. The summed E-state index contributed by atoms with van der Waals surface area (Å²) in [5.41, 5.74) is 0. The van der Waals surface area contributed by atoms with Crippen molar-refractivity contribution in [1.29, 1.82) is 0 Å². The largest absolute Gasteiger partial charge is 1.00 e. The van der Waals surface area contributed by atoms with Gasteiger partial charge in [-0.15, -0.1) is 0 Å². The van der Waals surface area contributed by atoms with Gasteiger partial charge in [0.2, 0.25) is 18.3 Å². The van der Waals surface area contributed by atoms with Crippen LogP contribution in [0, 0.1) is 0 Å². The third kappa shape index (κ3) is 10.7. The van der Waals surface area contributed by atoms with E-state index in [1.807, 2.05) is 0 Å². The Balaban J connectivity index is 0. The molecule has 0 saturated heterocycles. The zero-order chi connectivity index (χ0) is 25.4. The number of rotatable bonds is 6. The molecule has 0 aromatic rings. The minimum atomic E-state index is -6.78. The van der Waals surface area contributed by atoms with Crippen LogP contribution in [0.15, 0.2) is 0 Å². The summed E-state index contributed by atoms with van der Waals surface area (Å²) >= 11 is 0. The quantitative estimate of drug-likeness (QED) is 0.386. The van der Waals surface area contributed by atoms with Crippen molar-refractivity contribution in [3.63, 3.8) is 0 Å². The molecule has 0 spiro atoms. The van der Waals surface area contributed by atoms with E-state index in [9.17, 15) is 79.0 Å². The Morgan fingerprint density at radius 1 is 0.344 bits per heavy atom. The van der Waals surface area contributed by atoms with Crippen molar-refractivity contribution < 1.29 is 123 Å². The third-order valence-electron chi connectivity index (χ3n) is 2.69. The maximum absolute atomic E-state index is 12.4. The Morgan fingerprint density at radius 3 is 0.562 bits per heavy atom. The summed E-state index contributed by atoms with van der Waals surface area (Å²) < 4.78 is 230. The average molecular weight is 536 g/mol. The second kappa shape index (κ2) is 10.5. The third-order valence-corrected chi connectivity index (χ3v) is 2.69. The maximum Gasteiger partial charge on any atom is 1.00 e. The molecule has 0 fully saturated rings. The Hall–Kier alpha value is -0.315. The SMILES string of the molecule is FC(F)(F)C(O[BH-](OC(C(F)(F)F)C(F)(F)F)OC(C(F)(F)F)C(F)(F)F)C(F)(F)F.[Na+]. The van der Waals surface area contributed by atoms with E-state index in [4.69, 9.17) is 0 Å². The van der Waals surface area contributed by atoms with Crippen LogP contribution in [-0.2, 0) is 14.0 Å². The zero-order valence-corrected chi connectivity index (χ0v) is 16.5. The van der Waals surface area contributed by atoms with Crippen LogP contribution in [0.25, 0.3) is 0 Å². The van der Waals surface area contributed by atoms with Gasteiger partial charge in [0.05, 0.1) is 0 Å². The smallest absolute Gasteiger partial charge is 0.531 e. The van der Waals surface area contributed by atoms with Crippen molar-refractivity contribution in [1.82, 2.24) is 0 Å². The molecule has 0 rings (SSSR count). The summed E-state index contributed by atoms with van der Waals surface area (Å²) in [6.45, 7) is 0. The monoisotopic (exact) mass is 536 g/mol. The van der Waals surface area contributed by atoms with Gasteiger partial charge in [-0.2, -0.15) is 79.0 Å². The minimum Gasteiger partial charge on any atom is -0.531 e. The molecule has 0 radical (unpaired) electrons. The van der Waals surface area contributed by atoms with Crippen LogP contribution in [0.5, 0.6) is 0 Å². The Morgan fingerprint density at radius 2 is 0.469 bits per heavy atom. The summed E-state index contributed by atoms with van der Waals surface area (Å²) in [7, 11) is -6.12. The molecular weight excluding hydrogens is 532 g/mol. The Labute approximate surface area is 185 Å². The van der Waals surface area contributed by atoms with Gasteiger partial charge in [0, 0.05) is 0 Å². The molecule has 0 aromatic heterocycles. The van der Waals surface area contributed by atoms with Crippen LogP contribution >= 0.6 is 0 Å². The molecule has 0 N–H and O–H groups in total. The van der Waals surface area contributed by atoms with Crippen LogP contribution < -0.4 is 29.6 Å². The summed E-state index contributed by atoms with van der Waals surface area (Å²) in [4.78, 5) is 0. The molecule has 0 amide bonds. The first-order valence-corrected chi connectivity index (χ1v) is 6.71. The minimum absolute atomic E-state index is 0. The molecule has 0 unspecified atom stereocenters. The van der Waals surface area contributed by atoms with Gasteiger partial charge in [0.15, 0.2) is 0 Å². The molecule has 0 aliphatic heterocycles. The van der Waals surface area contributed by atoms with Crippen molar-refractivity contribution in [3.05, 3.63) is 0 Å². The second-order valence-corrected chi connectivity index (χ2v) is 5.24. The van der Waals surface area contributed by atoms with Crippen molar-refractivity contribution in [2.75, 3.05) is 0 Å². The molecule has 0 aliphatic rings. The summed E-state index contributed by atoms with van der Waals surface area (Å²) in [5.74, 6) is 0. The van der Waals surface area contributed by atoms with Crippen LogP contribution in [0.1, 0.15) is 0 Å². The maximum atomic E-state index is 12.4. The van der Waals surface area contributed by atoms with Gasteiger partial charge in [-0.05, 0) is 0 Å². The molecule has 0 atom stereocenters. The predicted molar refractivity (Wildman–Crippen MR) is 58.1 cm³/mol. The van der Waals surface area contributed by atoms with Crippen LogP contribution in [0.3, 0.4) is 0 Å². The van der Waals surface area contributed by atoms with Gasteiger partial charge in [0.1, 0.15) is 0 Å². The van der Waals surface area contributed by atoms with Crippen molar-refractivity contribution in [2.24, 2.45) is 0 Å². The van der Waals surface area contributed by atoms with Gasteiger partial charge in [-0.25, -0.2) is 0 Å². The fraction of sp³-hybridized carbons (Fsp3) is 1.00. The topological polar surface area (TPSA) is 27.7 Å². The molecule has 188 valence electrons. The fourth-order valence-electron chi connectivity index (χ4n) is 1.65. The van der Waals surface area contributed by atoms with Crippen molar-refractivity contribution in [3.8, 4) is 0 Å². The van der Waals surface area contributed by atoms with E-state index in [2.05, 4.69) is 14.0 Å². The average Bonchev–Trinajstić information content (AvgIpc) is 2.37. The van der Waals surface area contributed by atoms with E-state index in [1.165, 1.54) is 0 Å².